The maximum absolute atomic E-state index is 12.9. The molecule has 1 aromatic rings. The van der Waals surface area contributed by atoms with Gasteiger partial charge in [-0.1, -0.05) is 36.8 Å². The SMILES string of the molecule is O=C1CCCCCN1CC(=O)N1CC[C@@H](O)[C@@](CO)(Cc2ccccc2)C1. The fraction of sp³-hybridized carbons (Fsp3) is 0.619. The zero-order valence-electron chi connectivity index (χ0n) is 15.8. The second-order valence-electron chi connectivity index (χ2n) is 7.93. The number of aliphatic hydroxyl groups is 2. The predicted octanol–water partition coefficient (Wildman–Crippen LogP) is 1.20. The number of amides is 2. The van der Waals surface area contributed by atoms with Crippen molar-refractivity contribution in [2.75, 3.05) is 32.8 Å². The molecule has 2 atom stereocenters. The lowest BCUT2D eigenvalue weighted by Gasteiger charge is -2.45. The molecule has 0 aliphatic carbocycles. The molecule has 0 radical (unpaired) electrons. The number of hydrogen-bond donors (Lipinski definition) is 2. The third-order valence-corrected chi connectivity index (χ3v) is 5.95. The van der Waals surface area contributed by atoms with Gasteiger partial charge in [0.25, 0.3) is 0 Å². The van der Waals surface area contributed by atoms with Crippen LogP contribution in [0.2, 0.25) is 0 Å². The van der Waals surface area contributed by atoms with E-state index in [9.17, 15) is 19.8 Å². The van der Waals surface area contributed by atoms with Gasteiger partial charge < -0.3 is 20.0 Å². The monoisotopic (exact) mass is 374 g/mol. The minimum atomic E-state index is -0.766. The molecule has 2 N–H and O–H groups in total. The normalized spacial score (nSPS) is 26.7. The topological polar surface area (TPSA) is 81.1 Å². The number of nitrogens with zero attached hydrogens (tertiary/aromatic N) is 2. The van der Waals surface area contributed by atoms with Crippen molar-refractivity contribution in [1.82, 2.24) is 9.80 Å². The Balaban J connectivity index is 1.69. The van der Waals surface area contributed by atoms with E-state index < -0.39 is 11.5 Å². The molecule has 2 fully saturated rings. The Hall–Kier alpha value is -1.92. The highest BCUT2D eigenvalue weighted by molar-refractivity contribution is 5.85. The average molecular weight is 374 g/mol. The number of hydrogen-bond acceptors (Lipinski definition) is 4. The highest BCUT2D eigenvalue weighted by atomic mass is 16.3. The van der Waals surface area contributed by atoms with E-state index in [1.54, 1.807) is 9.80 Å². The summed E-state index contributed by atoms with van der Waals surface area (Å²) in [5.74, 6) is -0.0429. The van der Waals surface area contributed by atoms with E-state index in [1.165, 1.54) is 0 Å². The van der Waals surface area contributed by atoms with Crippen LogP contribution < -0.4 is 0 Å². The van der Waals surface area contributed by atoms with Crippen molar-refractivity contribution in [2.45, 2.75) is 44.6 Å². The summed E-state index contributed by atoms with van der Waals surface area (Å²) < 4.78 is 0. The molecule has 2 aliphatic heterocycles. The second-order valence-corrected chi connectivity index (χ2v) is 7.93. The fourth-order valence-electron chi connectivity index (χ4n) is 4.22. The molecule has 1 aromatic carbocycles. The minimum absolute atomic E-state index is 0.0515. The number of rotatable bonds is 5. The molecule has 148 valence electrons. The van der Waals surface area contributed by atoms with Gasteiger partial charge in [-0.15, -0.1) is 0 Å². The predicted molar refractivity (Wildman–Crippen MR) is 102 cm³/mol. The van der Waals surface area contributed by atoms with Gasteiger partial charge in [-0.25, -0.2) is 0 Å². The number of carbonyl (C=O) groups excluding carboxylic acids is 2. The number of benzene rings is 1. The van der Waals surface area contributed by atoms with E-state index in [2.05, 4.69) is 0 Å². The molecule has 6 nitrogen and oxygen atoms in total. The van der Waals surface area contributed by atoms with Gasteiger partial charge in [-0.3, -0.25) is 9.59 Å². The van der Waals surface area contributed by atoms with Gasteiger partial charge in [0.15, 0.2) is 0 Å². The molecule has 3 rings (SSSR count). The lowest BCUT2D eigenvalue weighted by Crippen LogP contribution is -2.57. The first-order valence-electron chi connectivity index (χ1n) is 9.92. The highest BCUT2D eigenvalue weighted by Gasteiger charge is 2.44. The van der Waals surface area contributed by atoms with Crippen molar-refractivity contribution in [2.24, 2.45) is 5.41 Å². The Kier molecular flexibility index (Phi) is 6.50. The van der Waals surface area contributed by atoms with Crippen molar-refractivity contribution in [3.8, 4) is 0 Å². The van der Waals surface area contributed by atoms with Crippen LogP contribution in [0.5, 0.6) is 0 Å². The molecule has 0 aromatic heterocycles. The van der Waals surface area contributed by atoms with Crippen LogP contribution in [-0.4, -0.2) is 70.7 Å². The van der Waals surface area contributed by atoms with Crippen LogP contribution in [0, 0.1) is 5.41 Å². The van der Waals surface area contributed by atoms with Gasteiger partial charge in [-0.05, 0) is 31.2 Å². The number of carbonyl (C=O) groups is 2. The van der Waals surface area contributed by atoms with Crippen molar-refractivity contribution in [3.05, 3.63) is 35.9 Å². The van der Waals surface area contributed by atoms with Gasteiger partial charge >= 0.3 is 0 Å². The van der Waals surface area contributed by atoms with Gasteiger partial charge in [0.05, 0.1) is 19.3 Å². The number of aliphatic hydroxyl groups excluding tert-OH is 2. The van der Waals surface area contributed by atoms with E-state index >= 15 is 0 Å². The van der Waals surface area contributed by atoms with Crippen LogP contribution in [-0.2, 0) is 16.0 Å². The molecule has 2 amide bonds. The quantitative estimate of drug-likeness (QED) is 0.812. The summed E-state index contributed by atoms with van der Waals surface area (Å²) in [4.78, 5) is 28.4. The van der Waals surface area contributed by atoms with Gasteiger partial charge in [0.2, 0.25) is 11.8 Å². The van der Waals surface area contributed by atoms with Crippen molar-refractivity contribution in [3.63, 3.8) is 0 Å². The molecule has 0 spiro atoms. The molecule has 2 saturated heterocycles. The first-order valence-corrected chi connectivity index (χ1v) is 9.92. The summed E-state index contributed by atoms with van der Waals surface area (Å²) in [5.41, 5.74) is 0.264. The Morgan fingerprint density at radius 2 is 1.93 bits per heavy atom. The molecule has 2 aliphatic rings. The molecular weight excluding hydrogens is 344 g/mol. The van der Waals surface area contributed by atoms with Crippen molar-refractivity contribution in [1.29, 1.82) is 0 Å². The van der Waals surface area contributed by atoms with E-state index in [0.717, 1.165) is 24.8 Å². The smallest absolute Gasteiger partial charge is 0.242 e. The van der Waals surface area contributed by atoms with Crippen LogP contribution in [0.25, 0.3) is 0 Å². The van der Waals surface area contributed by atoms with Crippen LogP contribution in [0.4, 0.5) is 0 Å². The Morgan fingerprint density at radius 1 is 1.15 bits per heavy atom. The van der Waals surface area contributed by atoms with Crippen LogP contribution in [0.3, 0.4) is 0 Å². The van der Waals surface area contributed by atoms with Gasteiger partial charge in [0, 0.05) is 31.5 Å². The zero-order chi connectivity index (χ0) is 19.3. The minimum Gasteiger partial charge on any atom is -0.396 e. The maximum atomic E-state index is 12.9. The van der Waals surface area contributed by atoms with E-state index in [-0.39, 0.29) is 25.0 Å². The molecule has 0 saturated carbocycles. The molecule has 0 bridgehead atoms. The third kappa shape index (κ3) is 4.68. The van der Waals surface area contributed by atoms with Crippen LogP contribution in [0.15, 0.2) is 30.3 Å². The molecule has 2 heterocycles. The van der Waals surface area contributed by atoms with E-state index in [1.807, 2.05) is 30.3 Å². The Bertz CT molecular complexity index is 651. The third-order valence-electron chi connectivity index (χ3n) is 5.95. The average Bonchev–Trinajstić information content (AvgIpc) is 2.88. The van der Waals surface area contributed by atoms with Gasteiger partial charge in [0.1, 0.15) is 0 Å². The fourth-order valence-corrected chi connectivity index (χ4v) is 4.22. The van der Waals surface area contributed by atoms with Crippen LogP contribution >= 0.6 is 0 Å². The summed E-state index contributed by atoms with van der Waals surface area (Å²) in [6, 6.07) is 9.75. The first kappa shape index (κ1) is 19.8. The van der Waals surface area contributed by atoms with Gasteiger partial charge in [-0.2, -0.15) is 0 Å². The first-order chi connectivity index (χ1) is 13.0. The van der Waals surface area contributed by atoms with Crippen LogP contribution in [0.1, 0.15) is 37.7 Å². The standard InChI is InChI=1S/C21H30N2O4/c24-16-21(13-17-7-3-1-4-8-17)15-23(12-10-18(21)25)20(27)14-22-11-6-2-5-9-19(22)26/h1,3-4,7-8,18,24-25H,2,5-6,9-16H2/t18-,21+/m1/s1. The highest BCUT2D eigenvalue weighted by Crippen LogP contribution is 2.34. The summed E-state index contributed by atoms with van der Waals surface area (Å²) in [6.45, 7) is 1.31. The maximum Gasteiger partial charge on any atom is 0.242 e. The Morgan fingerprint density at radius 3 is 2.67 bits per heavy atom. The van der Waals surface area contributed by atoms with E-state index in [0.29, 0.717) is 38.9 Å². The second kappa shape index (κ2) is 8.85. The van der Waals surface area contributed by atoms with E-state index in [4.69, 9.17) is 0 Å². The largest absolute Gasteiger partial charge is 0.396 e. The summed E-state index contributed by atoms with van der Waals surface area (Å²) in [5, 5.41) is 20.7. The zero-order valence-corrected chi connectivity index (χ0v) is 15.8. The molecule has 27 heavy (non-hydrogen) atoms. The van der Waals surface area contributed by atoms with Crippen molar-refractivity contribution >= 4 is 11.8 Å². The lowest BCUT2D eigenvalue weighted by atomic mass is 9.73. The Labute approximate surface area is 160 Å². The molecular formula is C21H30N2O4. The number of likely N-dealkylation sites (tertiary alicyclic amines) is 2. The summed E-state index contributed by atoms with van der Waals surface area (Å²) in [7, 11) is 0. The lowest BCUT2D eigenvalue weighted by molar-refractivity contribution is -0.147. The summed E-state index contributed by atoms with van der Waals surface area (Å²) >= 11 is 0. The number of piperidine rings is 1. The summed E-state index contributed by atoms with van der Waals surface area (Å²) in [6.07, 6.45) is 3.66. The van der Waals surface area contributed by atoms with Crippen molar-refractivity contribution < 1.29 is 19.8 Å². The molecule has 0 unspecified atom stereocenters. The molecule has 6 heteroatoms.